The Kier molecular flexibility index (Phi) is 0.954. The van der Waals surface area contributed by atoms with Gasteiger partial charge in [-0.3, -0.25) is 0 Å². The van der Waals surface area contributed by atoms with Gasteiger partial charge in [-0.05, 0) is 12.1 Å². The molecule has 2 nitrogen and oxygen atoms in total. The lowest BCUT2D eigenvalue weighted by molar-refractivity contribution is 0.438. The number of benzene rings is 1. The number of rotatable bonds is 0. The Morgan fingerprint density at radius 1 is 1.12 bits per heavy atom. The van der Waals surface area contributed by atoms with Crippen LogP contribution < -0.4 is 4.74 Å². The maximum Gasteiger partial charge on any atom is 0.131 e. The van der Waals surface area contributed by atoms with Crippen LogP contribution in [-0.4, -0.2) is 5.48 Å². The zero-order valence-corrected chi connectivity index (χ0v) is 4.22. The minimum atomic E-state index is 0. The van der Waals surface area contributed by atoms with Gasteiger partial charge in [0.1, 0.15) is 11.5 Å². The van der Waals surface area contributed by atoms with Crippen LogP contribution in [0.15, 0.2) is 24.3 Å². The van der Waals surface area contributed by atoms with Crippen molar-refractivity contribution in [3.05, 3.63) is 24.3 Å². The molecule has 2 heteroatoms. The van der Waals surface area contributed by atoms with Gasteiger partial charge < -0.3 is 10.2 Å². The van der Waals surface area contributed by atoms with Crippen LogP contribution >= 0.6 is 0 Å². The average molecular weight is 110 g/mol. The third-order valence-corrected chi connectivity index (χ3v) is 1.04. The maximum absolute atomic E-state index is 5.01. The molecule has 0 amide bonds. The fourth-order valence-corrected chi connectivity index (χ4v) is 0.679. The molecule has 3 rings (SSSR count). The predicted octanol–water partition coefficient (Wildman–Crippen LogP) is 0.968. The molecule has 0 saturated heterocycles. The topological polar surface area (TPSA) is 40.7 Å². The first-order valence-corrected chi connectivity index (χ1v) is 2.23. The summed E-state index contributed by atoms with van der Waals surface area (Å²) in [5.41, 5.74) is 0. The molecule has 0 aromatic heterocycles. The molecule has 0 spiro atoms. The summed E-state index contributed by atoms with van der Waals surface area (Å²) >= 11 is 0. The van der Waals surface area contributed by atoms with Gasteiger partial charge >= 0.3 is 0 Å². The summed E-state index contributed by atoms with van der Waals surface area (Å²) in [5, 5.41) is 0. The number of fused-ring (bicyclic) bond motifs is 2. The quantitative estimate of drug-likeness (QED) is 0.498. The molecule has 0 radical (unpaired) electrons. The Labute approximate surface area is 47.0 Å². The van der Waals surface area contributed by atoms with Crippen LogP contribution in [0.3, 0.4) is 0 Å². The smallest absolute Gasteiger partial charge is 0.131 e. The number of hydrogen-bond donors (Lipinski definition) is 0. The summed E-state index contributed by atoms with van der Waals surface area (Å²) < 4.78 is 5.01. The Morgan fingerprint density at radius 3 is 1.75 bits per heavy atom. The van der Waals surface area contributed by atoms with E-state index in [0.29, 0.717) is 0 Å². The fourth-order valence-electron chi connectivity index (χ4n) is 0.679. The van der Waals surface area contributed by atoms with E-state index in [1.807, 2.05) is 24.3 Å². The van der Waals surface area contributed by atoms with Crippen LogP contribution in [-0.2, 0) is 0 Å². The SMILES string of the molecule is O.c1cc2cc(c1)O2. The summed E-state index contributed by atoms with van der Waals surface area (Å²) in [7, 11) is 0. The van der Waals surface area contributed by atoms with E-state index in [1.165, 1.54) is 0 Å². The molecule has 2 N–H and O–H groups in total. The van der Waals surface area contributed by atoms with E-state index in [1.54, 1.807) is 0 Å². The Hall–Kier alpha value is -1.02. The van der Waals surface area contributed by atoms with Gasteiger partial charge in [-0.25, -0.2) is 0 Å². The van der Waals surface area contributed by atoms with Crippen LogP contribution in [0.2, 0.25) is 0 Å². The van der Waals surface area contributed by atoms with Gasteiger partial charge in [0, 0.05) is 6.07 Å². The van der Waals surface area contributed by atoms with Crippen molar-refractivity contribution in [1.82, 2.24) is 0 Å². The summed E-state index contributed by atoms with van der Waals surface area (Å²) in [5.74, 6) is 1.97. The Bertz CT molecular complexity index is 171. The van der Waals surface area contributed by atoms with Crippen molar-refractivity contribution in [2.75, 3.05) is 0 Å². The van der Waals surface area contributed by atoms with Gasteiger partial charge in [0.05, 0.1) is 0 Å². The van der Waals surface area contributed by atoms with E-state index < -0.39 is 0 Å². The number of ether oxygens (including phenoxy) is 1. The lowest BCUT2D eigenvalue weighted by Crippen LogP contribution is -1.91. The number of hydrogen-bond acceptors (Lipinski definition) is 1. The average Bonchev–Trinajstić information content (AvgIpc) is 1.67. The summed E-state index contributed by atoms with van der Waals surface area (Å²) in [4.78, 5) is 0. The first-order chi connectivity index (χ1) is 3.45. The maximum atomic E-state index is 5.01. The minimum absolute atomic E-state index is 0. The molecule has 0 aliphatic carbocycles. The first-order valence-electron chi connectivity index (χ1n) is 2.23. The highest BCUT2D eigenvalue weighted by Gasteiger charge is 2.05. The molecule has 2 heterocycles. The molecule has 42 valence electrons. The zero-order valence-electron chi connectivity index (χ0n) is 4.22. The largest absolute Gasteiger partial charge is 0.457 e. The first kappa shape index (κ1) is 5.12. The molecular weight excluding hydrogens is 104 g/mol. The van der Waals surface area contributed by atoms with Crippen molar-refractivity contribution in [2.45, 2.75) is 0 Å². The van der Waals surface area contributed by atoms with E-state index in [2.05, 4.69) is 0 Å². The van der Waals surface area contributed by atoms with Gasteiger partial charge in [0.25, 0.3) is 0 Å². The van der Waals surface area contributed by atoms with Crippen molar-refractivity contribution in [2.24, 2.45) is 0 Å². The predicted molar refractivity (Wildman–Crippen MR) is 30.1 cm³/mol. The van der Waals surface area contributed by atoms with E-state index in [-0.39, 0.29) is 5.48 Å². The van der Waals surface area contributed by atoms with Gasteiger partial charge in [-0.1, -0.05) is 6.07 Å². The molecule has 0 fully saturated rings. The highest BCUT2D eigenvalue weighted by atomic mass is 16.5. The van der Waals surface area contributed by atoms with Crippen molar-refractivity contribution in [3.8, 4) is 11.5 Å². The second-order valence-corrected chi connectivity index (χ2v) is 1.58. The zero-order chi connectivity index (χ0) is 4.69. The van der Waals surface area contributed by atoms with E-state index in [9.17, 15) is 0 Å². The fraction of sp³-hybridized carbons (Fsp3) is 0. The molecule has 8 heavy (non-hydrogen) atoms. The highest BCUT2D eigenvalue weighted by Crippen LogP contribution is 2.32. The van der Waals surface area contributed by atoms with Gasteiger partial charge in [-0.2, -0.15) is 0 Å². The van der Waals surface area contributed by atoms with Gasteiger partial charge in [0.15, 0.2) is 0 Å². The molecule has 0 saturated carbocycles. The molecule has 0 unspecified atom stereocenters. The second-order valence-electron chi connectivity index (χ2n) is 1.58. The molecule has 2 bridgehead atoms. The molecule has 2 aliphatic heterocycles. The van der Waals surface area contributed by atoms with E-state index >= 15 is 0 Å². The third kappa shape index (κ3) is 0.468. The van der Waals surface area contributed by atoms with Crippen LogP contribution in [0.25, 0.3) is 0 Å². The lowest BCUT2D eigenvalue weighted by Gasteiger charge is -2.13. The van der Waals surface area contributed by atoms with Crippen molar-refractivity contribution < 1.29 is 10.2 Å². The summed E-state index contributed by atoms with van der Waals surface area (Å²) in [6, 6.07) is 7.86. The Morgan fingerprint density at radius 2 is 1.62 bits per heavy atom. The van der Waals surface area contributed by atoms with Crippen LogP contribution in [0.5, 0.6) is 11.5 Å². The van der Waals surface area contributed by atoms with Crippen molar-refractivity contribution >= 4 is 0 Å². The van der Waals surface area contributed by atoms with Gasteiger partial charge in [-0.15, -0.1) is 0 Å². The van der Waals surface area contributed by atoms with Crippen LogP contribution in [0, 0.1) is 0 Å². The summed E-state index contributed by atoms with van der Waals surface area (Å²) in [6.07, 6.45) is 0. The molecule has 1 aromatic rings. The monoisotopic (exact) mass is 110 g/mol. The third-order valence-electron chi connectivity index (χ3n) is 1.04. The minimum Gasteiger partial charge on any atom is -0.457 e. The van der Waals surface area contributed by atoms with Gasteiger partial charge in [0.2, 0.25) is 0 Å². The molecule has 2 aliphatic rings. The second kappa shape index (κ2) is 1.49. The lowest BCUT2D eigenvalue weighted by atomic mass is 10.2. The summed E-state index contributed by atoms with van der Waals surface area (Å²) in [6.45, 7) is 0. The highest BCUT2D eigenvalue weighted by molar-refractivity contribution is 5.43. The normalized spacial score (nSPS) is 10.5. The van der Waals surface area contributed by atoms with Crippen molar-refractivity contribution in [1.29, 1.82) is 0 Å². The van der Waals surface area contributed by atoms with Crippen LogP contribution in [0.1, 0.15) is 0 Å². The molecular formula is C6H6O2. The van der Waals surface area contributed by atoms with E-state index in [4.69, 9.17) is 4.74 Å². The van der Waals surface area contributed by atoms with Crippen molar-refractivity contribution in [3.63, 3.8) is 0 Å². The van der Waals surface area contributed by atoms with Crippen LogP contribution in [0.4, 0.5) is 0 Å². The standard InChI is InChI=1S/C6H4O.H2O/c1-2-5-4-6(3-1)7-5;/h1-4H;1H2. The molecule has 1 aromatic carbocycles. The Balaban J connectivity index is 0.000000320. The molecule has 0 atom stereocenters. The van der Waals surface area contributed by atoms with E-state index in [0.717, 1.165) is 11.5 Å².